The third-order valence-corrected chi connectivity index (χ3v) is 5.98. The molecule has 0 aliphatic rings. The zero-order valence-corrected chi connectivity index (χ0v) is 17.7. The number of carbonyl (C=O) groups excluding carboxylic acids is 1. The van der Waals surface area contributed by atoms with Gasteiger partial charge in [0.2, 0.25) is 15.9 Å². The topological polar surface area (TPSA) is 66.5 Å². The summed E-state index contributed by atoms with van der Waals surface area (Å²) in [5.41, 5.74) is 3.04. The quantitative estimate of drug-likeness (QED) is 0.759. The molecule has 0 heterocycles. The highest BCUT2D eigenvalue weighted by molar-refractivity contribution is 7.92. The van der Waals surface area contributed by atoms with Crippen LogP contribution in [0.2, 0.25) is 0 Å². The number of hydrogen-bond donors (Lipinski definition) is 1. The lowest BCUT2D eigenvalue weighted by Crippen LogP contribution is -2.50. The number of halogens is 1. The zero-order chi connectivity index (χ0) is 21.1. The summed E-state index contributed by atoms with van der Waals surface area (Å²) in [5, 5.41) is 2.87. The fourth-order valence-corrected chi connectivity index (χ4v) is 4.31. The van der Waals surface area contributed by atoms with Gasteiger partial charge in [-0.1, -0.05) is 37.3 Å². The molecule has 0 fully saturated rings. The van der Waals surface area contributed by atoms with Crippen LogP contribution < -0.4 is 9.62 Å². The van der Waals surface area contributed by atoms with Crippen molar-refractivity contribution < 1.29 is 17.6 Å². The van der Waals surface area contributed by atoms with Crippen LogP contribution in [0, 0.1) is 19.7 Å². The zero-order valence-electron chi connectivity index (χ0n) is 16.9. The summed E-state index contributed by atoms with van der Waals surface area (Å²) in [6.45, 7) is 7.53. The number of rotatable bonds is 7. The van der Waals surface area contributed by atoms with Crippen LogP contribution in [-0.4, -0.2) is 26.6 Å². The summed E-state index contributed by atoms with van der Waals surface area (Å²) in [5.74, 6) is -1.16. The van der Waals surface area contributed by atoms with Crippen molar-refractivity contribution in [1.82, 2.24) is 5.32 Å². The van der Waals surface area contributed by atoms with Crippen LogP contribution in [0.25, 0.3) is 0 Å². The Morgan fingerprint density at radius 2 is 1.79 bits per heavy atom. The fraction of sp³-hybridized carbons (Fsp3) is 0.381. The number of hydrogen-bond acceptors (Lipinski definition) is 3. The van der Waals surface area contributed by atoms with E-state index in [0.29, 0.717) is 0 Å². The summed E-state index contributed by atoms with van der Waals surface area (Å²) in [4.78, 5) is 12.9. The Bertz CT molecular complexity index is 960. The van der Waals surface area contributed by atoms with Crippen molar-refractivity contribution in [2.45, 2.75) is 46.2 Å². The van der Waals surface area contributed by atoms with Crippen LogP contribution in [0.3, 0.4) is 0 Å². The molecule has 0 bridgehead atoms. The number of carbonyl (C=O) groups is 1. The maximum absolute atomic E-state index is 14.3. The van der Waals surface area contributed by atoms with Crippen LogP contribution in [0.4, 0.5) is 10.1 Å². The lowest BCUT2D eigenvalue weighted by atomic mass is 10.0. The normalized spacial score (nSPS) is 13.6. The molecule has 1 amide bonds. The number of anilines is 1. The monoisotopic (exact) mass is 406 g/mol. The highest BCUT2D eigenvalue weighted by Gasteiger charge is 2.33. The maximum Gasteiger partial charge on any atom is 0.244 e. The number of sulfonamides is 1. The third kappa shape index (κ3) is 4.90. The van der Waals surface area contributed by atoms with Gasteiger partial charge in [-0.05, 0) is 56.0 Å². The second-order valence-electron chi connectivity index (χ2n) is 7.01. The molecule has 5 nitrogen and oxygen atoms in total. The van der Waals surface area contributed by atoms with Gasteiger partial charge in [0.15, 0.2) is 0 Å². The van der Waals surface area contributed by atoms with Gasteiger partial charge in [0.25, 0.3) is 0 Å². The molecule has 28 heavy (non-hydrogen) atoms. The van der Waals surface area contributed by atoms with Gasteiger partial charge in [-0.25, -0.2) is 12.8 Å². The number of nitrogens with one attached hydrogen (secondary N) is 1. The second kappa shape index (κ2) is 8.73. The minimum Gasteiger partial charge on any atom is -0.348 e. The van der Waals surface area contributed by atoms with Crippen LogP contribution in [-0.2, 0) is 14.8 Å². The molecular formula is C21H27FN2O3S. The van der Waals surface area contributed by atoms with E-state index in [2.05, 4.69) is 5.32 Å². The van der Waals surface area contributed by atoms with Gasteiger partial charge < -0.3 is 5.32 Å². The molecule has 2 aromatic carbocycles. The van der Waals surface area contributed by atoms with Gasteiger partial charge in [0.05, 0.1) is 18.0 Å². The maximum atomic E-state index is 14.3. The predicted octanol–water partition coefficient (Wildman–Crippen LogP) is 3.86. The van der Waals surface area contributed by atoms with Crippen LogP contribution in [0.15, 0.2) is 42.5 Å². The molecule has 7 heteroatoms. The first-order chi connectivity index (χ1) is 13.1. The first-order valence-electron chi connectivity index (χ1n) is 9.17. The molecule has 0 spiro atoms. The van der Waals surface area contributed by atoms with Crippen molar-refractivity contribution in [3.05, 3.63) is 65.0 Å². The van der Waals surface area contributed by atoms with Crippen molar-refractivity contribution >= 4 is 21.6 Å². The molecule has 2 aromatic rings. The molecule has 0 saturated carbocycles. The summed E-state index contributed by atoms with van der Waals surface area (Å²) in [7, 11) is -3.88. The largest absolute Gasteiger partial charge is 0.348 e. The van der Waals surface area contributed by atoms with Gasteiger partial charge in [-0.3, -0.25) is 9.10 Å². The molecule has 0 aromatic heterocycles. The van der Waals surface area contributed by atoms with Gasteiger partial charge in [-0.2, -0.15) is 0 Å². The number of nitrogens with zero attached hydrogens (tertiary/aromatic N) is 1. The Morgan fingerprint density at radius 1 is 1.14 bits per heavy atom. The van der Waals surface area contributed by atoms with Crippen LogP contribution >= 0.6 is 0 Å². The smallest absolute Gasteiger partial charge is 0.244 e. The van der Waals surface area contributed by atoms with E-state index in [1.807, 2.05) is 39.0 Å². The van der Waals surface area contributed by atoms with E-state index in [-0.39, 0.29) is 18.2 Å². The number of aryl methyl sites for hydroxylation is 2. The minimum absolute atomic E-state index is 0.133. The summed E-state index contributed by atoms with van der Waals surface area (Å²) in [6.07, 6.45) is 1.18. The Kier molecular flexibility index (Phi) is 6.82. The SMILES string of the molecule is CC[C@H](C(=O)N[C@@H](C)c1ccc(C)c(C)c1)N(c1ccccc1F)S(C)(=O)=O. The van der Waals surface area contributed by atoms with E-state index in [1.54, 1.807) is 13.0 Å². The molecule has 0 radical (unpaired) electrons. The molecule has 1 N–H and O–H groups in total. The average molecular weight is 407 g/mol. The summed E-state index contributed by atoms with van der Waals surface area (Å²) < 4.78 is 40.0. The van der Waals surface area contributed by atoms with E-state index in [1.165, 1.54) is 18.2 Å². The first-order valence-corrected chi connectivity index (χ1v) is 11.0. The average Bonchev–Trinajstić information content (AvgIpc) is 2.61. The van der Waals surface area contributed by atoms with Gasteiger partial charge in [0.1, 0.15) is 11.9 Å². The van der Waals surface area contributed by atoms with Crippen molar-refractivity contribution in [2.24, 2.45) is 0 Å². The van der Waals surface area contributed by atoms with Crippen molar-refractivity contribution in [1.29, 1.82) is 0 Å². The highest BCUT2D eigenvalue weighted by atomic mass is 32.2. The van der Waals surface area contributed by atoms with E-state index in [9.17, 15) is 17.6 Å². The highest BCUT2D eigenvalue weighted by Crippen LogP contribution is 2.26. The predicted molar refractivity (Wildman–Crippen MR) is 110 cm³/mol. The Balaban J connectivity index is 2.34. The lowest BCUT2D eigenvalue weighted by molar-refractivity contribution is -0.122. The molecule has 2 atom stereocenters. The Labute approximate surface area is 166 Å². The van der Waals surface area contributed by atoms with Gasteiger partial charge in [0, 0.05) is 0 Å². The van der Waals surface area contributed by atoms with Crippen LogP contribution in [0.5, 0.6) is 0 Å². The lowest BCUT2D eigenvalue weighted by Gasteiger charge is -2.31. The summed E-state index contributed by atoms with van der Waals surface area (Å²) >= 11 is 0. The fourth-order valence-electron chi connectivity index (χ4n) is 3.09. The van der Waals surface area contributed by atoms with Crippen molar-refractivity contribution in [2.75, 3.05) is 10.6 Å². The molecule has 0 saturated heterocycles. The minimum atomic E-state index is -3.88. The van der Waals surface area contributed by atoms with Crippen molar-refractivity contribution in [3.63, 3.8) is 0 Å². The van der Waals surface area contributed by atoms with E-state index in [0.717, 1.165) is 27.3 Å². The number of amides is 1. The molecule has 2 rings (SSSR count). The molecule has 0 unspecified atom stereocenters. The second-order valence-corrected chi connectivity index (χ2v) is 8.87. The van der Waals surface area contributed by atoms with E-state index >= 15 is 0 Å². The van der Waals surface area contributed by atoms with Gasteiger partial charge in [-0.15, -0.1) is 0 Å². The van der Waals surface area contributed by atoms with E-state index < -0.39 is 27.8 Å². The molecular weight excluding hydrogens is 379 g/mol. The van der Waals surface area contributed by atoms with Gasteiger partial charge >= 0.3 is 0 Å². The summed E-state index contributed by atoms with van der Waals surface area (Å²) in [6, 6.07) is 10.1. The number of benzene rings is 2. The molecule has 0 aliphatic heterocycles. The van der Waals surface area contributed by atoms with Crippen LogP contribution in [0.1, 0.15) is 43.0 Å². The third-order valence-electron chi connectivity index (χ3n) is 4.81. The Hall–Kier alpha value is -2.41. The first kappa shape index (κ1) is 21.9. The van der Waals surface area contributed by atoms with E-state index in [4.69, 9.17) is 0 Å². The van der Waals surface area contributed by atoms with Crippen molar-refractivity contribution in [3.8, 4) is 0 Å². The number of para-hydroxylation sites is 1. The standard InChI is InChI=1S/C21H27FN2O3S/c1-6-19(24(28(5,26)27)20-10-8-7-9-18(20)22)21(25)23-16(4)17-12-11-14(2)15(3)13-17/h7-13,16,19H,6H2,1-5H3,(H,23,25)/t16-,19+/m0/s1. The molecule has 152 valence electrons. The Morgan fingerprint density at radius 3 is 2.32 bits per heavy atom. The molecule has 0 aliphatic carbocycles.